The van der Waals surface area contributed by atoms with Crippen molar-refractivity contribution in [3.05, 3.63) is 36.0 Å². The van der Waals surface area contributed by atoms with Crippen molar-refractivity contribution in [2.75, 3.05) is 0 Å². The molecule has 7 atom stereocenters. The van der Waals surface area contributed by atoms with Crippen molar-refractivity contribution < 1.29 is 4.79 Å². The van der Waals surface area contributed by atoms with E-state index in [0.717, 1.165) is 19.3 Å². The Kier molecular flexibility index (Phi) is 3.59. The maximum atomic E-state index is 11.9. The van der Waals surface area contributed by atoms with Gasteiger partial charge in [0.15, 0.2) is 5.78 Å². The first-order valence-corrected chi connectivity index (χ1v) is 9.98. The Labute approximate surface area is 152 Å². The summed E-state index contributed by atoms with van der Waals surface area (Å²) in [7, 11) is 0. The van der Waals surface area contributed by atoms with Crippen LogP contribution in [-0.2, 0) is 4.79 Å². The molecule has 0 aromatic heterocycles. The highest BCUT2D eigenvalue weighted by molar-refractivity contribution is 6.01. The Balaban J connectivity index is 1.80. The molecule has 25 heavy (non-hydrogen) atoms. The Morgan fingerprint density at radius 3 is 2.64 bits per heavy atom. The Bertz CT molecular complexity index is 703. The van der Waals surface area contributed by atoms with E-state index in [-0.39, 0.29) is 28.1 Å². The van der Waals surface area contributed by atoms with Gasteiger partial charge in [0, 0.05) is 11.5 Å². The number of hydrogen-bond acceptors (Lipinski definition) is 2. The van der Waals surface area contributed by atoms with Crippen LogP contribution < -0.4 is 5.73 Å². The summed E-state index contributed by atoms with van der Waals surface area (Å²) in [5, 5.41) is 0. The predicted molar refractivity (Wildman–Crippen MR) is 103 cm³/mol. The molecule has 0 aromatic rings. The minimum absolute atomic E-state index is 0.0526. The van der Waals surface area contributed by atoms with Gasteiger partial charge in [0.05, 0.1) is 0 Å². The predicted octanol–water partition coefficient (Wildman–Crippen LogP) is 4.81. The fourth-order valence-corrected chi connectivity index (χ4v) is 7.99. The summed E-state index contributed by atoms with van der Waals surface area (Å²) in [5.41, 5.74) is 10.1. The first-order valence-electron chi connectivity index (χ1n) is 9.98. The van der Waals surface area contributed by atoms with Crippen molar-refractivity contribution in [1.82, 2.24) is 0 Å². The topological polar surface area (TPSA) is 43.1 Å². The number of fused-ring (bicyclic) bond motifs is 5. The molecule has 7 unspecified atom stereocenters. The molecular weight excluding hydrogens is 306 g/mol. The molecule has 2 nitrogen and oxygen atoms in total. The molecule has 0 aromatic carbocycles. The molecule has 2 N–H and O–H groups in total. The normalized spacial score (nSPS) is 51.4. The van der Waals surface area contributed by atoms with Crippen LogP contribution in [0.1, 0.15) is 59.8 Å². The zero-order chi connectivity index (χ0) is 18.2. The van der Waals surface area contributed by atoms with Crippen LogP contribution in [0.15, 0.2) is 36.0 Å². The van der Waals surface area contributed by atoms with Crippen LogP contribution >= 0.6 is 0 Å². The average Bonchev–Trinajstić information content (AvgIpc) is 2.85. The summed E-state index contributed by atoms with van der Waals surface area (Å²) >= 11 is 0. The van der Waals surface area contributed by atoms with Crippen molar-refractivity contribution in [3.63, 3.8) is 0 Å². The average molecular weight is 340 g/mol. The number of nitrogens with two attached hydrogens (primary N) is 1. The maximum Gasteiger partial charge on any atom is 0.178 e. The van der Waals surface area contributed by atoms with E-state index in [1.165, 1.54) is 24.0 Å². The molecule has 0 aliphatic heterocycles. The van der Waals surface area contributed by atoms with Gasteiger partial charge >= 0.3 is 0 Å². The monoisotopic (exact) mass is 339 g/mol. The van der Waals surface area contributed by atoms with Gasteiger partial charge in [0.2, 0.25) is 0 Å². The Morgan fingerprint density at radius 1 is 1.24 bits per heavy atom. The van der Waals surface area contributed by atoms with Gasteiger partial charge in [-0.05, 0) is 79.8 Å². The second kappa shape index (κ2) is 5.19. The molecule has 2 heteroatoms. The molecule has 4 aliphatic carbocycles. The summed E-state index contributed by atoms with van der Waals surface area (Å²) in [4.78, 5) is 11.9. The van der Waals surface area contributed by atoms with Crippen LogP contribution in [0, 0.1) is 34.0 Å². The highest BCUT2D eigenvalue weighted by Gasteiger charge is 2.65. The van der Waals surface area contributed by atoms with Crippen LogP contribution in [0.4, 0.5) is 0 Å². The van der Waals surface area contributed by atoms with Crippen molar-refractivity contribution in [1.29, 1.82) is 0 Å². The molecule has 0 spiro atoms. The van der Waals surface area contributed by atoms with Gasteiger partial charge < -0.3 is 5.73 Å². The van der Waals surface area contributed by atoms with Crippen molar-refractivity contribution in [2.24, 2.45) is 39.7 Å². The van der Waals surface area contributed by atoms with Gasteiger partial charge in [-0.1, -0.05) is 44.6 Å². The van der Waals surface area contributed by atoms with E-state index in [1.807, 2.05) is 6.08 Å². The van der Waals surface area contributed by atoms with Crippen LogP contribution in [0.2, 0.25) is 0 Å². The lowest BCUT2D eigenvalue weighted by Crippen LogP contribution is -2.63. The summed E-state index contributed by atoms with van der Waals surface area (Å²) in [6, 6.07) is 0.178. The fourth-order valence-electron chi connectivity index (χ4n) is 7.99. The van der Waals surface area contributed by atoms with Crippen LogP contribution in [-0.4, -0.2) is 11.8 Å². The second-order valence-corrected chi connectivity index (χ2v) is 10.1. The van der Waals surface area contributed by atoms with Crippen molar-refractivity contribution >= 4 is 5.78 Å². The SMILES string of the molecule is C=C(C)C1CCC2C1(C)CC(N)C1C3(C)C=CC(=O)C=C3CCC12C. The van der Waals surface area contributed by atoms with Gasteiger partial charge in [-0.2, -0.15) is 0 Å². The zero-order valence-corrected chi connectivity index (χ0v) is 16.3. The van der Waals surface area contributed by atoms with Gasteiger partial charge in [-0.25, -0.2) is 0 Å². The zero-order valence-electron chi connectivity index (χ0n) is 16.3. The third kappa shape index (κ3) is 2.10. The van der Waals surface area contributed by atoms with E-state index < -0.39 is 0 Å². The molecule has 0 bridgehead atoms. The highest BCUT2D eigenvalue weighted by Crippen LogP contribution is 2.71. The van der Waals surface area contributed by atoms with E-state index in [4.69, 9.17) is 5.73 Å². The number of carbonyl (C=O) groups excluding carboxylic acids is 1. The quantitative estimate of drug-likeness (QED) is 0.696. The van der Waals surface area contributed by atoms with Crippen molar-refractivity contribution in [2.45, 2.75) is 65.8 Å². The fraction of sp³-hybridized carbons (Fsp3) is 0.696. The molecule has 0 saturated heterocycles. The van der Waals surface area contributed by atoms with Gasteiger partial charge in [-0.15, -0.1) is 0 Å². The number of ketones is 1. The minimum atomic E-state index is -0.0526. The molecule has 4 aliphatic rings. The van der Waals surface area contributed by atoms with Gasteiger partial charge in [0.25, 0.3) is 0 Å². The Morgan fingerprint density at radius 2 is 1.96 bits per heavy atom. The van der Waals surface area contributed by atoms with E-state index in [2.05, 4.69) is 40.3 Å². The lowest BCUT2D eigenvalue weighted by molar-refractivity contribution is -0.115. The third-order valence-electron chi connectivity index (χ3n) is 8.72. The largest absolute Gasteiger partial charge is 0.327 e. The lowest BCUT2D eigenvalue weighted by Gasteiger charge is -2.65. The number of carbonyl (C=O) groups is 1. The smallest absolute Gasteiger partial charge is 0.178 e. The summed E-state index contributed by atoms with van der Waals surface area (Å²) in [6.45, 7) is 13.8. The van der Waals surface area contributed by atoms with Gasteiger partial charge in [-0.3, -0.25) is 4.79 Å². The molecule has 0 radical (unpaired) electrons. The van der Waals surface area contributed by atoms with Crippen LogP contribution in [0.3, 0.4) is 0 Å². The molecule has 3 saturated carbocycles. The summed E-state index contributed by atoms with van der Waals surface area (Å²) in [5.74, 6) is 1.88. The lowest BCUT2D eigenvalue weighted by atomic mass is 9.40. The molecule has 0 amide bonds. The Hall–Kier alpha value is -1.15. The molecule has 136 valence electrons. The minimum Gasteiger partial charge on any atom is -0.327 e. The van der Waals surface area contributed by atoms with E-state index in [0.29, 0.717) is 17.8 Å². The first kappa shape index (κ1) is 17.3. The van der Waals surface area contributed by atoms with Crippen LogP contribution in [0.5, 0.6) is 0 Å². The number of rotatable bonds is 1. The summed E-state index contributed by atoms with van der Waals surface area (Å²) < 4.78 is 0. The van der Waals surface area contributed by atoms with E-state index in [9.17, 15) is 4.79 Å². The van der Waals surface area contributed by atoms with E-state index in [1.54, 1.807) is 6.08 Å². The molecule has 0 heterocycles. The molecule has 4 rings (SSSR count). The first-order chi connectivity index (χ1) is 11.6. The maximum absolute atomic E-state index is 11.9. The van der Waals surface area contributed by atoms with Gasteiger partial charge in [0.1, 0.15) is 0 Å². The summed E-state index contributed by atoms with van der Waals surface area (Å²) in [6.07, 6.45) is 11.7. The number of allylic oxidation sites excluding steroid dienone is 5. The molecular formula is C23H33NO. The highest BCUT2D eigenvalue weighted by atomic mass is 16.1. The van der Waals surface area contributed by atoms with Crippen LogP contribution in [0.25, 0.3) is 0 Å². The number of hydrogen-bond donors (Lipinski definition) is 1. The second-order valence-electron chi connectivity index (χ2n) is 10.1. The standard InChI is InChI=1S/C23H33NO/c1-14(2)17-6-7-19-22(4)10-8-15-12-16(25)9-11-21(15,3)20(22)18(24)13-23(17,19)5/h9,11-12,17-20H,1,6-8,10,13,24H2,2-5H3. The third-order valence-corrected chi connectivity index (χ3v) is 8.72. The van der Waals surface area contributed by atoms with E-state index >= 15 is 0 Å². The van der Waals surface area contributed by atoms with Crippen molar-refractivity contribution in [3.8, 4) is 0 Å². The molecule has 3 fully saturated rings.